The molecule has 2 amide bonds. The molecule has 3 atom stereocenters. The molecule has 0 aliphatic rings. The maximum absolute atomic E-state index is 13.4. The van der Waals surface area contributed by atoms with Crippen LogP contribution < -0.4 is 15.4 Å². The molecule has 0 aromatic heterocycles. The van der Waals surface area contributed by atoms with Gasteiger partial charge in [-0.05, 0) is 47.6 Å². The molecule has 11 heteroatoms. The Bertz CT molecular complexity index is 1000. The molecule has 10 nitrogen and oxygen atoms in total. The van der Waals surface area contributed by atoms with E-state index in [1.165, 1.54) is 32.9 Å². The highest BCUT2D eigenvalue weighted by Gasteiger charge is 2.29. The summed E-state index contributed by atoms with van der Waals surface area (Å²) in [6, 6.07) is 4.99. The smallest absolute Gasteiger partial charge is 0.329 e. The number of thioether (sulfide) groups is 1. The largest absolute Gasteiger partial charge is 0.467 e. The first-order chi connectivity index (χ1) is 18.7. The Morgan fingerprint density at radius 3 is 1.98 bits per heavy atom. The highest BCUT2D eigenvalue weighted by atomic mass is 32.2. The van der Waals surface area contributed by atoms with Gasteiger partial charge in [0.05, 0.1) is 20.1 Å². The van der Waals surface area contributed by atoms with Crippen LogP contribution in [0.5, 0.6) is 5.75 Å². The molecule has 40 heavy (non-hydrogen) atoms. The zero-order chi connectivity index (χ0) is 30.5. The van der Waals surface area contributed by atoms with E-state index in [2.05, 4.69) is 10.6 Å². The van der Waals surface area contributed by atoms with Crippen molar-refractivity contribution in [1.29, 1.82) is 0 Å². The van der Waals surface area contributed by atoms with Gasteiger partial charge in [0.1, 0.15) is 17.8 Å². The molecule has 0 heterocycles. The summed E-state index contributed by atoms with van der Waals surface area (Å²) < 4.78 is 14.8. The number of carbonyl (C=O) groups excluding carboxylic acids is 5. The number of esters is 3. The van der Waals surface area contributed by atoms with Crippen molar-refractivity contribution in [3.8, 4) is 5.75 Å². The molecule has 0 radical (unpaired) electrons. The van der Waals surface area contributed by atoms with E-state index in [0.717, 1.165) is 5.56 Å². The second-order valence-electron chi connectivity index (χ2n) is 11.2. The molecule has 0 bridgehead atoms. The minimum absolute atomic E-state index is 0.193. The fourth-order valence-corrected chi connectivity index (χ4v) is 4.93. The first-order valence-corrected chi connectivity index (χ1v) is 14.4. The Labute approximate surface area is 241 Å². The van der Waals surface area contributed by atoms with Crippen molar-refractivity contribution >= 4 is 41.5 Å². The van der Waals surface area contributed by atoms with Gasteiger partial charge in [-0.25, -0.2) is 9.59 Å². The lowest BCUT2D eigenvalue weighted by atomic mass is 9.89. The third-order valence-electron chi connectivity index (χ3n) is 5.72. The summed E-state index contributed by atoms with van der Waals surface area (Å²) in [7, 11) is 2.52. The Balaban J connectivity index is 2.88. The molecule has 0 spiro atoms. The third kappa shape index (κ3) is 13.3. The van der Waals surface area contributed by atoms with E-state index in [1.54, 1.807) is 24.3 Å². The van der Waals surface area contributed by atoms with Gasteiger partial charge in [0.15, 0.2) is 0 Å². The van der Waals surface area contributed by atoms with Crippen molar-refractivity contribution in [3.05, 3.63) is 29.8 Å². The Kier molecular flexibility index (Phi) is 14.8. The second kappa shape index (κ2) is 16.9. The number of rotatable bonds is 15. The van der Waals surface area contributed by atoms with E-state index < -0.39 is 35.9 Å². The third-order valence-corrected chi connectivity index (χ3v) is 6.81. The van der Waals surface area contributed by atoms with E-state index >= 15 is 0 Å². The molecule has 2 N–H and O–H groups in total. The monoisotopic (exact) mass is 580 g/mol. The highest BCUT2D eigenvalue weighted by Crippen LogP contribution is 2.27. The number of hydrogen-bond acceptors (Lipinski definition) is 9. The Hall–Kier alpha value is -3.08. The number of amides is 2. The average Bonchev–Trinajstić information content (AvgIpc) is 2.86. The quantitative estimate of drug-likeness (QED) is 0.181. The molecular weight excluding hydrogens is 536 g/mol. The number of carbonyl (C=O) groups is 5. The Morgan fingerprint density at radius 2 is 1.48 bits per heavy atom. The lowest BCUT2D eigenvalue weighted by Crippen LogP contribution is -2.45. The van der Waals surface area contributed by atoms with Crippen molar-refractivity contribution in [2.24, 2.45) is 11.3 Å². The first kappa shape index (κ1) is 34.9. The zero-order valence-electron chi connectivity index (χ0n) is 24.8. The van der Waals surface area contributed by atoms with Gasteiger partial charge in [0.2, 0.25) is 11.8 Å². The van der Waals surface area contributed by atoms with Crippen LogP contribution in [0.15, 0.2) is 24.3 Å². The predicted molar refractivity (Wildman–Crippen MR) is 154 cm³/mol. The molecule has 0 fully saturated rings. The summed E-state index contributed by atoms with van der Waals surface area (Å²) in [5, 5.41) is 5.55. The molecule has 1 rings (SSSR count). The predicted octanol–water partition coefficient (Wildman–Crippen LogP) is 3.62. The standard InChI is InChI=1S/C29H44N2O8S/c1-18(2)15-22(20-9-11-21(12-10-20)39-19(3)32)26(34)31-24(28(36)38-8)17-40-14-13-23(27(35)37-7)30-25(33)16-29(4,5)6/h9-12,18,22-24H,13-17H2,1-8H3,(H,30,33)(H,31,34)/t22-,23-,24-/m0/s1. The number of nitrogens with one attached hydrogen (secondary N) is 2. The maximum Gasteiger partial charge on any atom is 0.329 e. The van der Waals surface area contributed by atoms with Crippen LogP contribution in [-0.2, 0) is 33.4 Å². The van der Waals surface area contributed by atoms with Crippen molar-refractivity contribution < 1.29 is 38.2 Å². The van der Waals surface area contributed by atoms with Crippen molar-refractivity contribution in [2.75, 3.05) is 25.7 Å². The van der Waals surface area contributed by atoms with Gasteiger partial charge in [-0.3, -0.25) is 14.4 Å². The number of methoxy groups -OCH3 is 2. The van der Waals surface area contributed by atoms with Gasteiger partial charge in [-0.15, -0.1) is 0 Å². The summed E-state index contributed by atoms with van der Waals surface area (Å²) in [6.07, 6.45) is 1.09. The van der Waals surface area contributed by atoms with Gasteiger partial charge >= 0.3 is 17.9 Å². The summed E-state index contributed by atoms with van der Waals surface area (Å²) in [5.41, 5.74) is 0.494. The normalized spacial score (nSPS) is 13.5. The van der Waals surface area contributed by atoms with Crippen LogP contribution in [0.2, 0.25) is 0 Å². The zero-order valence-corrected chi connectivity index (χ0v) is 25.6. The van der Waals surface area contributed by atoms with Gasteiger partial charge < -0.3 is 24.8 Å². The average molecular weight is 581 g/mol. The van der Waals surface area contributed by atoms with Crippen LogP contribution in [0, 0.1) is 11.3 Å². The fraction of sp³-hybridized carbons (Fsp3) is 0.621. The van der Waals surface area contributed by atoms with Crippen LogP contribution in [0.1, 0.15) is 72.3 Å². The summed E-state index contributed by atoms with van der Waals surface area (Å²) in [6.45, 7) is 11.1. The van der Waals surface area contributed by atoms with Crippen LogP contribution >= 0.6 is 11.8 Å². The highest BCUT2D eigenvalue weighted by molar-refractivity contribution is 7.99. The van der Waals surface area contributed by atoms with Crippen molar-refractivity contribution in [3.63, 3.8) is 0 Å². The van der Waals surface area contributed by atoms with E-state index in [4.69, 9.17) is 14.2 Å². The van der Waals surface area contributed by atoms with Crippen molar-refractivity contribution in [1.82, 2.24) is 10.6 Å². The number of ether oxygens (including phenoxy) is 3. The number of benzene rings is 1. The van der Waals surface area contributed by atoms with Crippen molar-refractivity contribution in [2.45, 2.75) is 78.8 Å². The molecule has 1 aromatic rings. The summed E-state index contributed by atoms with van der Waals surface area (Å²) >= 11 is 1.35. The van der Waals surface area contributed by atoms with Gasteiger partial charge in [0.25, 0.3) is 0 Å². The fourth-order valence-electron chi connectivity index (χ4n) is 3.90. The van der Waals surface area contributed by atoms with Crippen LogP contribution in [0.4, 0.5) is 0 Å². The molecular formula is C29H44N2O8S. The maximum atomic E-state index is 13.4. The van der Waals surface area contributed by atoms with Crippen LogP contribution in [-0.4, -0.2) is 67.5 Å². The molecule has 0 aliphatic heterocycles. The first-order valence-electron chi connectivity index (χ1n) is 13.3. The Morgan fingerprint density at radius 1 is 0.900 bits per heavy atom. The van der Waals surface area contributed by atoms with Gasteiger partial charge in [-0.1, -0.05) is 46.8 Å². The van der Waals surface area contributed by atoms with Crippen LogP contribution in [0.25, 0.3) is 0 Å². The molecule has 224 valence electrons. The lowest BCUT2D eigenvalue weighted by molar-refractivity contribution is -0.145. The van der Waals surface area contributed by atoms with Gasteiger partial charge in [-0.2, -0.15) is 11.8 Å². The molecule has 0 saturated carbocycles. The second-order valence-corrected chi connectivity index (χ2v) is 12.3. The SMILES string of the molecule is COC(=O)[C@H](CCSC[C@H](NC(=O)[C@@H](CC(C)C)c1ccc(OC(C)=O)cc1)C(=O)OC)NC(=O)CC(C)(C)C. The van der Waals surface area contributed by atoms with Gasteiger partial charge in [0, 0.05) is 19.1 Å². The minimum atomic E-state index is -0.912. The number of hydrogen-bond donors (Lipinski definition) is 2. The van der Waals surface area contributed by atoms with Crippen LogP contribution in [0.3, 0.4) is 0 Å². The van der Waals surface area contributed by atoms with E-state index in [1.807, 2.05) is 34.6 Å². The molecule has 0 saturated heterocycles. The molecule has 0 aliphatic carbocycles. The topological polar surface area (TPSA) is 137 Å². The molecule has 0 unspecified atom stereocenters. The molecule has 1 aromatic carbocycles. The lowest BCUT2D eigenvalue weighted by Gasteiger charge is -2.23. The van der Waals surface area contributed by atoms with E-state index in [9.17, 15) is 24.0 Å². The summed E-state index contributed by atoms with van der Waals surface area (Å²) in [4.78, 5) is 61.6. The minimum Gasteiger partial charge on any atom is -0.467 e. The van der Waals surface area contributed by atoms with E-state index in [-0.39, 0.29) is 35.3 Å². The van der Waals surface area contributed by atoms with E-state index in [0.29, 0.717) is 24.3 Å². The summed E-state index contributed by atoms with van der Waals surface area (Å²) in [5.74, 6) is -1.47.